The lowest BCUT2D eigenvalue weighted by Crippen LogP contribution is -2.51. The summed E-state index contributed by atoms with van der Waals surface area (Å²) in [7, 11) is 0. The van der Waals surface area contributed by atoms with E-state index < -0.39 is 24.8 Å². The maximum absolute atomic E-state index is 13.4. The average molecular weight is 564 g/mol. The van der Waals surface area contributed by atoms with Crippen molar-refractivity contribution in [1.29, 1.82) is 0 Å². The van der Waals surface area contributed by atoms with Crippen molar-refractivity contribution < 1.29 is 18.8 Å². The molecule has 0 saturated heterocycles. The number of ketones is 1. The van der Waals surface area contributed by atoms with Gasteiger partial charge in [-0.25, -0.2) is 29.6 Å². The molecule has 0 unspecified atom stereocenters. The van der Waals surface area contributed by atoms with Crippen molar-refractivity contribution in [3.05, 3.63) is 113 Å². The number of hydrogen-bond donors (Lipinski definition) is 3. The van der Waals surface area contributed by atoms with Crippen LogP contribution in [0.5, 0.6) is 0 Å². The van der Waals surface area contributed by atoms with Crippen LogP contribution in [0.4, 0.5) is 9.18 Å². The predicted molar refractivity (Wildman–Crippen MR) is 152 cm³/mol. The van der Waals surface area contributed by atoms with Gasteiger partial charge in [0.2, 0.25) is 0 Å². The van der Waals surface area contributed by atoms with Crippen molar-refractivity contribution in [3.63, 3.8) is 0 Å². The van der Waals surface area contributed by atoms with Crippen LogP contribution in [0, 0.1) is 0 Å². The molecule has 10 nitrogen and oxygen atoms in total. The summed E-state index contributed by atoms with van der Waals surface area (Å²) in [5.41, 5.74) is 8.58. The van der Waals surface area contributed by atoms with Crippen LogP contribution in [0.15, 0.2) is 84.2 Å². The molecule has 210 valence electrons. The topological polar surface area (TPSA) is 138 Å². The van der Waals surface area contributed by atoms with Crippen LogP contribution in [0.25, 0.3) is 11.1 Å². The van der Waals surface area contributed by atoms with Crippen molar-refractivity contribution in [2.75, 3.05) is 0 Å². The third-order valence-electron chi connectivity index (χ3n) is 7.04. The highest BCUT2D eigenvalue weighted by Gasteiger charge is 2.28. The van der Waals surface area contributed by atoms with E-state index >= 15 is 0 Å². The third-order valence-corrected chi connectivity index (χ3v) is 7.04. The first-order valence-corrected chi connectivity index (χ1v) is 13.5. The highest BCUT2D eigenvalue weighted by Crippen LogP contribution is 2.38. The molecule has 1 saturated carbocycles. The van der Waals surface area contributed by atoms with Gasteiger partial charge in [-0.3, -0.25) is 20.0 Å². The Morgan fingerprint density at radius 3 is 2.33 bits per heavy atom. The molecule has 42 heavy (non-hydrogen) atoms. The van der Waals surface area contributed by atoms with Gasteiger partial charge in [0.25, 0.3) is 5.91 Å². The van der Waals surface area contributed by atoms with Gasteiger partial charge in [-0.1, -0.05) is 54.6 Å². The normalized spacial score (nSPS) is 16.1. The van der Waals surface area contributed by atoms with E-state index in [1.54, 1.807) is 12.4 Å². The maximum Gasteiger partial charge on any atom is 0.335 e. The molecule has 11 heteroatoms. The van der Waals surface area contributed by atoms with Gasteiger partial charge in [-0.2, -0.15) is 0 Å². The zero-order chi connectivity index (χ0) is 29.1. The van der Waals surface area contributed by atoms with E-state index in [9.17, 15) is 18.8 Å². The smallest absolute Gasteiger partial charge is 0.308 e. The van der Waals surface area contributed by atoms with Gasteiger partial charge in [-0.15, -0.1) is 0 Å². The number of rotatable bonds is 6. The van der Waals surface area contributed by atoms with E-state index in [1.807, 2.05) is 54.6 Å². The van der Waals surface area contributed by atoms with E-state index in [2.05, 4.69) is 36.1 Å². The molecule has 2 aromatic carbocycles. The molecule has 3 N–H and O–H groups in total. The second-order valence-electron chi connectivity index (χ2n) is 10.1. The lowest BCUT2D eigenvalue weighted by molar-refractivity contribution is -0.120. The number of alkyl halides is 1. The largest absolute Gasteiger partial charge is 0.335 e. The van der Waals surface area contributed by atoms with Crippen LogP contribution in [-0.2, 0) is 17.9 Å². The van der Waals surface area contributed by atoms with Gasteiger partial charge in [0.1, 0.15) is 18.2 Å². The highest BCUT2D eigenvalue weighted by molar-refractivity contribution is 6.16. The maximum atomic E-state index is 13.4. The molecule has 1 aliphatic carbocycles. The van der Waals surface area contributed by atoms with Crippen LogP contribution in [0.3, 0.4) is 0 Å². The number of pyridine rings is 1. The van der Waals surface area contributed by atoms with Crippen LogP contribution in [0.2, 0.25) is 0 Å². The molecule has 6 rings (SSSR count). The zero-order valence-corrected chi connectivity index (χ0v) is 22.4. The predicted octanol–water partition coefficient (Wildman–Crippen LogP) is 3.82. The first-order chi connectivity index (χ1) is 20.5. The SMILES string of the molecule is O=C(NNC(=O)c1ncc(CF)cc1-c1cnc(C2CC2)nc1)N[C@H]1N=C(c2ccccc2)c2ccccc2CC1=O. The number of carbonyl (C=O) groups is 3. The molecule has 2 aromatic heterocycles. The van der Waals surface area contributed by atoms with Gasteiger partial charge in [0.05, 0.1) is 5.71 Å². The van der Waals surface area contributed by atoms with E-state index in [0.717, 1.165) is 35.4 Å². The fourth-order valence-electron chi connectivity index (χ4n) is 4.74. The van der Waals surface area contributed by atoms with E-state index in [1.165, 1.54) is 12.3 Å². The van der Waals surface area contributed by atoms with Crippen LogP contribution >= 0.6 is 0 Å². The van der Waals surface area contributed by atoms with Gasteiger partial charge >= 0.3 is 6.03 Å². The molecule has 3 heterocycles. The summed E-state index contributed by atoms with van der Waals surface area (Å²) >= 11 is 0. The molecule has 0 radical (unpaired) electrons. The average Bonchev–Trinajstić information content (AvgIpc) is 3.89. The van der Waals surface area contributed by atoms with Gasteiger partial charge in [-0.05, 0) is 24.5 Å². The lowest BCUT2D eigenvalue weighted by Gasteiger charge is -2.15. The first-order valence-electron chi connectivity index (χ1n) is 13.5. The highest BCUT2D eigenvalue weighted by atomic mass is 19.1. The fraction of sp³-hybridized carbons (Fsp3) is 0.194. The van der Waals surface area contributed by atoms with Crippen molar-refractivity contribution >= 4 is 23.4 Å². The van der Waals surface area contributed by atoms with E-state index in [-0.39, 0.29) is 23.5 Å². The number of fused-ring (bicyclic) bond motifs is 1. The Kier molecular flexibility index (Phi) is 7.46. The monoisotopic (exact) mass is 563 g/mol. The Balaban J connectivity index is 1.18. The number of urea groups is 1. The molecule has 1 aliphatic heterocycles. The number of nitrogens with one attached hydrogen (secondary N) is 3. The summed E-state index contributed by atoms with van der Waals surface area (Å²) in [5, 5.41) is 2.55. The first kappa shape index (κ1) is 26.9. The second kappa shape index (κ2) is 11.7. The molecule has 0 spiro atoms. The Labute approximate surface area is 240 Å². The Morgan fingerprint density at radius 1 is 0.857 bits per heavy atom. The minimum absolute atomic E-state index is 0.0550. The Morgan fingerprint density at radius 2 is 1.60 bits per heavy atom. The van der Waals surface area contributed by atoms with Crippen LogP contribution in [-0.4, -0.2) is 44.6 Å². The molecule has 1 fully saturated rings. The number of aromatic nitrogens is 3. The number of benzene rings is 2. The second-order valence-corrected chi connectivity index (χ2v) is 10.1. The van der Waals surface area contributed by atoms with Crippen molar-refractivity contribution in [3.8, 4) is 11.1 Å². The minimum Gasteiger partial charge on any atom is -0.308 e. The molecule has 2 aliphatic rings. The molecule has 1 atom stereocenters. The molecule has 0 bridgehead atoms. The van der Waals surface area contributed by atoms with Gasteiger partial charge < -0.3 is 5.32 Å². The summed E-state index contributed by atoms with van der Waals surface area (Å²) in [6, 6.07) is 17.5. The minimum atomic E-state index is -1.19. The molecular weight excluding hydrogens is 537 g/mol. The number of carbonyl (C=O) groups excluding carboxylic acids is 3. The zero-order valence-electron chi connectivity index (χ0n) is 22.4. The van der Waals surface area contributed by atoms with Crippen LogP contribution < -0.4 is 16.2 Å². The number of hydrogen-bond acceptors (Lipinski definition) is 7. The molecular formula is C31H26FN7O3. The van der Waals surface area contributed by atoms with E-state index in [0.29, 0.717) is 22.8 Å². The summed E-state index contributed by atoms with van der Waals surface area (Å²) in [5.74, 6) is 0.0227. The van der Waals surface area contributed by atoms with Crippen molar-refractivity contribution in [2.45, 2.75) is 38.0 Å². The number of halogens is 1. The Bertz CT molecular complexity index is 1690. The molecule has 4 aromatic rings. The van der Waals surface area contributed by atoms with Crippen molar-refractivity contribution in [1.82, 2.24) is 31.1 Å². The lowest BCUT2D eigenvalue weighted by atomic mass is 9.96. The van der Waals surface area contributed by atoms with Gasteiger partial charge in [0, 0.05) is 58.7 Å². The third kappa shape index (κ3) is 5.75. The standard InChI is InChI=1S/C31H26FN7O3/c32-14-18-12-24(22-16-34-28(35-17-22)20-10-11-20)27(33-15-18)30(41)38-39-31(42)37-29-25(40)13-21-8-4-5-9-23(21)26(36-29)19-6-2-1-3-7-19/h1-9,12,15-17,20,29H,10-11,13-14H2,(H,38,41)(H2,37,39,42)/t29-/m1/s1. The van der Waals surface area contributed by atoms with E-state index in [4.69, 9.17) is 0 Å². The number of hydrazine groups is 1. The summed E-state index contributed by atoms with van der Waals surface area (Å²) in [6.45, 7) is -0.770. The fourth-order valence-corrected chi connectivity index (χ4v) is 4.74. The summed E-state index contributed by atoms with van der Waals surface area (Å²) in [4.78, 5) is 56.5. The van der Waals surface area contributed by atoms with Gasteiger partial charge in [0.15, 0.2) is 11.9 Å². The number of Topliss-reactive ketones (excluding diaryl/α,β-unsaturated/α-hetero) is 1. The number of nitrogens with zero attached hydrogens (tertiary/aromatic N) is 4. The Hall–Kier alpha value is -5.32. The van der Waals surface area contributed by atoms with Crippen LogP contribution in [0.1, 0.15) is 57.3 Å². The number of aliphatic imine (C=N–C) groups is 1. The molecule has 3 amide bonds. The van der Waals surface area contributed by atoms with Crippen molar-refractivity contribution in [2.24, 2.45) is 4.99 Å². The summed E-state index contributed by atoms with van der Waals surface area (Å²) in [6.07, 6.45) is 5.37. The quantitative estimate of drug-likeness (QED) is 0.305. The number of amides is 3. The summed E-state index contributed by atoms with van der Waals surface area (Å²) < 4.78 is 13.4.